The van der Waals surface area contributed by atoms with E-state index in [0.717, 1.165) is 44.5 Å². The van der Waals surface area contributed by atoms with Gasteiger partial charge in [0.25, 0.3) is 5.91 Å². The monoisotopic (exact) mass is 517 g/mol. The Labute approximate surface area is 221 Å². The highest BCUT2D eigenvalue weighted by molar-refractivity contribution is 6.34. The van der Waals surface area contributed by atoms with Crippen LogP contribution in [0.25, 0.3) is 0 Å². The minimum atomic E-state index is -0.648. The number of amides is 1. The second-order valence-corrected chi connectivity index (χ2v) is 10.0. The molecule has 0 aliphatic carbocycles. The molecule has 0 N–H and O–H groups in total. The number of carbonyl (C=O) groups is 2. The summed E-state index contributed by atoms with van der Waals surface area (Å²) in [5.74, 6) is -0.302. The quantitative estimate of drug-likeness (QED) is 0.363. The van der Waals surface area contributed by atoms with Gasteiger partial charge in [-0.15, -0.1) is 0 Å². The fourth-order valence-electron chi connectivity index (χ4n) is 5.28. The Bertz CT molecular complexity index is 1310. The first-order valence-corrected chi connectivity index (χ1v) is 13.1. The van der Waals surface area contributed by atoms with E-state index in [4.69, 9.17) is 11.6 Å². The lowest BCUT2D eigenvalue weighted by atomic mass is 9.89. The highest BCUT2D eigenvalue weighted by Gasteiger charge is 2.29. The molecule has 0 bridgehead atoms. The van der Waals surface area contributed by atoms with E-state index < -0.39 is 6.04 Å². The molecule has 1 saturated heterocycles. The minimum Gasteiger partial charge on any atom is -0.307 e. The number of piperidine rings is 1. The number of ketones is 1. The van der Waals surface area contributed by atoms with Gasteiger partial charge < -0.3 is 9.80 Å². The summed E-state index contributed by atoms with van der Waals surface area (Å²) in [6, 6.07) is 20.7. The molecule has 1 fully saturated rings. The predicted octanol–water partition coefficient (Wildman–Crippen LogP) is 5.97. The number of benzene rings is 3. The summed E-state index contributed by atoms with van der Waals surface area (Å²) >= 11 is 6.31. The van der Waals surface area contributed by atoms with Crippen molar-refractivity contribution in [3.63, 3.8) is 0 Å². The van der Waals surface area contributed by atoms with Gasteiger partial charge in [0.2, 0.25) is 0 Å². The zero-order valence-electron chi connectivity index (χ0n) is 20.5. The lowest BCUT2D eigenvalue weighted by molar-refractivity contribution is -0.112. The second-order valence-electron chi connectivity index (χ2n) is 9.59. The van der Waals surface area contributed by atoms with E-state index in [9.17, 15) is 14.0 Å². The first-order chi connectivity index (χ1) is 18.0. The number of halogens is 2. The van der Waals surface area contributed by atoms with Gasteiger partial charge >= 0.3 is 0 Å². The molecule has 2 aliphatic rings. The highest BCUT2D eigenvalue weighted by Crippen LogP contribution is 2.38. The Hall–Kier alpha value is -3.35. The third kappa shape index (κ3) is 5.65. The number of fused-ring (bicyclic) bond motifs is 1. The third-order valence-corrected chi connectivity index (χ3v) is 7.48. The Morgan fingerprint density at radius 2 is 1.68 bits per heavy atom. The molecule has 1 unspecified atom stereocenters. The minimum absolute atomic E-state index is 0.0639. The van der Waals surface area contributed by atoms with E-state index in [2.05, 4.69) is 9.89 Å². The average molecular weight is 518 g/mol. The van der Waals surface area contributed by atoms with Crippen molar-refractivity contribution in [3.05, 3.63) is 100 Å². The molecule has 0 radical (unpaired) electrons. The van der Waals surface area contributed by atoms with E-state index in [1.54, 1.807) is 35.2 Å². The molecule has 5 nitrogen and oxygen atoms in total. The molecule has 1 atom stereocenters. The third-order valence-electron chi connectivity index (χ3n) is 7.25. The predicted molar refractivity (Wildman–Crippen MR) is 145 cm³/mol. The van der Waals surface area contributed by atoms with Crippen LogP contribution in [-0.4, -0.2) is 49.0 Å². The summed E-state index contributed by atoms with van der Waals surface area (Å²) in [7, 11) is 0. The van der Waals surface area contributed by atoms with Crippen molar-refractivity contribution in [2.75, 3.05) is 31.1 Å². The van der Waals surface area contributed by atoms with E-state index in [0.29, 0.717) is 28.4 Å². The topological polar surface area (TPSA) is 53.0 Å². The maximum Gasteiger partial charge on any atom is 0.269 e. The summed E-state index contributed by atoms with van der Waals surface area (Å²) in [6.07, 6.45) is 3.75. The molecular weight excluding hydrogens is 489 g/mol. The first kappa shape index (κ1) is 25.3. The smallest absolute Gasteiger partial charge is 0.269 e. The number of Topliss-reactive ketones (excluding diaryl/α,β-unsaturated/α-hetero) is 1. The maximum atomic E-state index is 14.6. The lowest BCUT2D eigenvalue weighted by Gasteiger charge is -2.32. The van der Waals surface area contributed by atoms with Gasteiger partial charge in [0.15, 0.2) is 5.78 Å². The maximum absolute atomic E-state index is 14.6. The molecule has 0 spiro atoms. The van der Waals surface area contributed by atoms with Crippen molar-refractivity contribution in [1.82, 2.24) is 4.90 Å². The Kier molecular flexibility index (Phi) is 7.77. The molecule has 3 aromatic carbocycles. The fraction of sp³-hybridized carbons (Fsp3) is 0.300. The standard InChI is InChI=1S/C30H29ClFN3O2/c31-23-11-12-27-25(19-23)29(24-9-4-5-10-26(24)32)33-20-28(36)35(27)16-6-15-34-17-13-22(14-18-34)30(37)21-7-2-1-3-8-21/h1-5,7-12,19-20,22,29H,6,13-18H2. The first-order valence-electron chi connectivity index (χ1n) is 12.7. The van der Waals surface area contributed by atoms with Gasteiger partial charge in [0, 0.05) is 39.9 Å². The van der Waals surface area contributed by atoms with Crippen LogP contribution in [0.3, 0.4) is 0 Å². The molecule has 7 heteroatoms. The average Bonchev–Trinajstić information content (AvgIpc) is 3.05. The van der Waals surface area contributed by atoms with Crippen LogP contribution in [0.2, 0.25) is 5.02 Å². The van der Waals surface area contributed by atoms with Crippen LogP contribution in [0.1, 0.15) is 46.8 Å². The number of anilines is 1. The van der Waals surface area contributed by atoms with E-state index in [1.807, 2.05) is 36.4 Å². The molecule has 2 aliphatic heterocycles. The number of hydrogen-bond acceptors (Lipinski definition) is 4. The van der Waals surface area contributed by atoms with Gasteiger partial charge in [0.05, 0.1) is 6.21 Å². The summed E-state index contributed by atoms with van der Waals surface area (Å²) < 4.78 is 14.6. The van der Waals surface area contributed by atoms with Crippen LogP contribution in [-0.2, 0) is 4.79 Å². The Morgan fingerprint density at radius 3 is 2.43 bits per heavy atom. The van der Waals surface area contributed by atoms with E-state index in [1.165, 1.54) is 12.3 Å². The van der Waals surface area contributed by atoms with Crippen molar-refractivity contribution in [2.45, 2.75) is 25.3 Å². The van der Waals surface area contributed by atoms with Crippen molar-refractivity contribution in [3.8, 4) is 0 Å². The van der Waals surface area contributed by atoms with Crippen LogP contribution < -0.4 is 4.90 Å². The van der Waals surface area contributed by atoms with Gasteiger partial charge in [-0.05, 0) is 63.2 Å². The highest BCUT2D eigenvalue weighted by atomic mass is 35.5. The van der Waals surface area contributed by atoms with Crippen molar-refractivity contribution in [1.29, 1.82) is 0 Å². The Balaban J connectivity index is 1.24. The SMILES string of the molecule is O=C(c1ccccc1)C1CCN(CCCN2C(=O)C=NC(c3ccccc3F)c3cc(Cl)ccc32)CC1. The lowest BCUT2D eigenvalue weighted by Crippen LogP contribution is -2.39. The summed E-state index contributed by atoms with van der Waals surface area (Å²) in [4.78, 5) is 34.4. The summed E-state index contributed by atoms with van der Waals surface area (Å²) in [6.45, 7) is 3.06. The van der Waals surface area contributed by atoms with Crippen LogP contribution >= 0.6 is 11.6 Å². The summed E-state index contributed by atoms with van der Waals surface area (Å²) in [5, 5.41) is 0.512. The molecule has 3 aromatic rings. The molecule has 2 heterocycles. The fourth-order valence-corrected chi connectivity index (χ4v) is 5.46. The molecule has 1 amide bonds. The number of likely N-dealkylation sites (tertiary alicyclic amines) is 1. The van der Waals surface area contributed by atoms with Crippen LogP contribution in [0.15, 0.2) is 77.8 Å². The Morgan fingerprint density at radius 1 is 0.946 bits per heavy atom. The largest absolute Gasteiger partial charge is 0.307 e. The van der Waals surface area contributed by atoms with Crippen LogP contribution in [0.4, 0.5) is 10.1 Å². The normalized spacial score (nSPS) is 18.5. The van der Waals surface area contributed by atoms with E-state index >= 15 is 0 Å². The number of rotatable bonds is 7. The van der Waals surface area contributed by atoms with Crippen LogP contribution in [0.5, 0.6) is 0 Å². The van der Waals surface area contributed by atoms with Gasteiger partial charge in [0.1, 0.15) is 11.9 Å². The van der Waals surface area contributed by atoms with Gasteiger partial charge in [-0.2, -0.15) is 0 Å². The molecule has 0 saturated carbocycles. The molecule has 37 heavy (non-hydrogen) atoms. The van der Waals surface area contributed by atoms with Gasteiger partial charge in [-0.3, -0.25) is 14.6 Å². The molecule has 5 rings (SSSR count). The van der Waals surface area contributed by atoms with Crippen LogP contribution in [0, 0.1) is 11.7 Å². The van der Waals surface area contributed by atoms with Gasteiger partial charge in [-0.1, -0.05) is 60.1 Å². The number of aliphatic imine (C=N–C) groups is 1. The molecule has 190 valence electrons. The number of nitrogens with zero attached hydrogens (tertiary/aromatic N) is 3. The van der Waals surface area contributed by atoms with Crippen molar-refractivity contribution >= 4 is 35.2 Å². The van der Waals surface area contributed by atoms with Gasteiger partial charge in [-0.25, -0.2) is 4.39 Å². The number of hydrogen-bond donors (Lipinski definition) is 0. The van der Waals surface area contributed by atoms with Crippen molar-refractivity contribution in [2.24, 2.45) is 10.9 Å². The zero-order valence-corrected chi connectivity index (χ0v) is 21.3. The zero-order chi connectivity index (χ0) is 25.8. The van der Waals surface area contributed by atoms with Crippen molar-refractivity contribution < 1.29 is 14.0 Å². The number of carbonyl (C=O) groups excluding carboxylic acids is 2. The molecular formula is C30H29ClFN3O2. The summed E-state index contributed by atoms with van der Waals surface area (Å²) in [5.41, 5.74) is 2.60. The second kappa shape index (κ2) is 11.4. The van der Waals surface area contributed by atoms with E-state index in [-0.39, 0.29) is 23.4 Å². The molecule has 0 aromatic heterocycles.